The van der Waals surface area contributed by atoms with Gasteiger partial charge in [-0.15, -0.1) is 0 Å². The van der Waals surface area contributed by atoms with Crippen molar-refractivity contribution in [2.45, 2.75) is 56.9 Å². The van der Waals surface area contributed by atoms with Crippen molar-refractivity contribution in [1.82, 2.24) is 10.0 Å². The predicted molar refractivity (Wildman–Crippen MR) is 86.2 cm³/mol. The van der Waals surface area contributed by atoms with Crippen LogP contribution >= 0.6 is 0 Å². The average molecular weight is 324 g/mol. The highest BCUT2D eigenvalue weighted by molar-refractivity contribution is 7.89. The van der Waals surface area contributed by atoms with Crippen molar-refractivity contribution in [2.75, 3.05) is 6.54 Å². The molecule has 0 heterocycles. The van der Waals surface area contributed by atoms with E-state index in [0.29, 0.717) is 0 Å². The van der Waals surface area contributed by atoms with Gasteiger partial charge in [-0.25, -0.2) is 13.1 Å². The van der Waals surface area contributed by atoms with Gasteiger partial charge >= 0.3 is 0 Å². The van der Waals surface area contributed by atoms with Crippen LogP contribution < -0.4 is 10.0 Å². The van der Waals surface area contributed by atoms with Crippen LogP contribution in [0.15, 0.2) is 23.1 Å². The van der Waals surface area contributed by atoms with Crippen LogP contribution in [0.4, 0.5) is 0 Å². The number of fused-ring (bicyclic) bond motifs is 1. The lowest BCUT2D eigenvalue weighted by molar-refractivity contribution is -0.121. The molecule has 22 heavy (non-hydrogen) atoms. The second-order valence-corrected chi connectivity index (χ2v) is 7.77. The number of amides is 1. The van der Waals surface area contributed by atoms with Gasteiger partial charge in [0, 0.05) is 19.0 Å². The average Bonchev–Trinajstić information content (AvgIpc) is 2.45. The van der Waals surface area contributed by atoms with Crippen molar-refractivity contribution in [3.8, 4) is 0 Å². The Labute approximate surface area is 132 Å². The van der Waals surface area contributed by atoms with E-state index < -0.39 is 10.0 Å². The first-order valence-electron chi connectivity index (χ1n) is 7.79. The summed E-state index contributed by atoms with van der Waals surface area (Å²) < 4.78 is 27.1. The van der Waals surface area contributed by atoms with Crippen LogP contribution in [-0.4, -0.2) is 26.9 Å². The molecule has 6 heteroatoms. The van der Waals surface area contributed by atoms with E-state index >= 15 is 0 Å². The molecule has 1 aromatic rings. The molecule has 2 rings (SSSR count). The van der Waals surface area contributed by atoms with Gasteiger partial charge in [0.05, 0.1) is 4.90 Å². The molecule has 1 aromatic carbocycles. The number of sulfonamides is 1. The van der Waals surface area contributed by atoms with Gasteiger partial charge in [-0.2, -0.15) is 0 Å². The normalized spacial score (nSPS) is 14.7. The summed E-state index contributed by atoms with van der Waals surface area (Å²) in [6.45, 7) is 3.85. The fraction of sp³-hybridized carbons (Fsp3) is 0.562. The molecule has 0 saturated carbocycles. The molecule has 0 aliphatic heterocycles. The molecule has 0 unspecified atom stereocenters. The van der Waals surface area contributed by atoms with E-state index in [0.717, 1.165) is 24.8 Å². The quantitative estimate of drug-likeness (QED) is 0.837. The molecule has 1 amide bonds. The van der Waals surface area contributed by atoms with Gasteiger partial charge in [0.1, 0.15) is 0 Å². The first-order valence-corrected chi connectivity index (χ1v) is 9.27. The molecular formula is C16H24N2O3S. The van der Waals surface area contributed by atoms with Gasteiger partial charge < -0.3 is 5.32 Å². The van der Waals surface area contributed by atoms with Crippen LogP contribution in [-0.2, 0) is 27.7 Å². The van der Waals surface area contributed by atoms with Gasteiger partial charge in [0.2, 0.25) is 15.9 Å². The van der Waals surface area contributed by atoms with Gasteiger partial charge in [-0.05, 0) is 62.8 Å². The maximum Gasteiger partial charge on any atom is 0.240 e. The van der Waals surface area contributed by atoms with E-state index in [9.17, 15) is 13.2 Å². The summed E-state index contributed by atoms with van der Waals surface area (Å²) in [4.78, 5) is 11.8. The molecule has 0 bridgehead atoms. The van der Waals surface area contributed by atoms with Crippen LogP contribution in [0.1, 0.15) is 44.2 Å². The molecule has 0 aromatic heterocycles. The Hall–Kier alpha value is -1.40. The molecule has 0 fully saturated rings. The maximum atomic E-state index is 12.3. The Bertz CT molecular complexity index is 639. The lowest BCUT2D eigenvalue weighted by Gasteiger charge is -2.16. The van der Waals surface area contributed by atoms with Crippen molar-refractivity contribution in [2.24, 2.45) is 0 Å². The summed E-state index contributed by atoms with van der Waals surface area (Å²) in [5.41, 5.74) is 2.38. The fourth-order valence-corrected chi connectivity index (χ4v) is 3.74. The number of hydrogen-bond acceptors (Lipinski definition) is 3. The summed E-state index contributed by atoms with van der Waals surface area (Å²) in [6.07, 6.45) is 4.39. The summed E-state index contributed by atoms with van der Waals surface area (Å²) in [5, 5.41) is 2.74. The molecule has 1 aliphatic carbocycles. The number of hydrogen-bond donors (Lipinski definition) is 2. The SMILES string of the molecule is CC(C)NC(=O)CCNS(=O)(=O)c1ccc2c(c1)CCCC2. The maximum absolute atomic E-state index is 12.3. The molecule has 0 saturated heterocycles. The van der Waals surface area contributed by atoms with E-state index in [-0.39, 0.29) is 29.8 Å². The summed E-state index contributed by atoms with van der Waals surface area (Å²) >= 11 is 0. The van der Waals surface area contributed by atoms with Crippen molar-refractivity contribution in [3.63, 3.8) is 0 Å². The smallest absolute Gasteiger partial charge is 0.240 e. The number of nitrogens with one attached hydrogen (secondary N) is 2. The van der Waals surface area contributed by atoms with E-state index in [4.69, 9.17) is 0 Å². The van der Waals surface area contributed by atoms with Crippen molar-refractivity contribution in [3.05, 3.63) is 29.3 Å². The summed E-state index contributed by atoms with van der Waals surface area (Å²) in [7, 11) is -3.55. The third-order valence-electron chi connectivity index (χ3n) is 3.72. The lowest BCUT2D eigenvalue weighted by atomic mass is 9.92. The van der Waals surface area contributed by atoms with Gasteiger partial charge in [0.15, 0.2) is 0 Å². The Morgan fingerprint density at radius 1 is 1.18 bits per heavy atom. The molecule has 0 atom stereocenters. The zero-order valence-corrected chi connectivity index (χ0v) is 14.0. The second-order valence-electron chi connectivity index (χ2n) is 6.01. The van der Waals surface area contributed by atoms with Crippen LogP contribution in [0.25, 0.3) is 0 Å². The standard InChI is InChI=1S/C16H24N2O3S/c1-12(2)18-16(19)9-10-17-22(20,21)15-8-7-13-5-3-4-6-14(13)11-15/h7-8,11-12,17H,3-6,9-10H2,1-2H3,(H,18,19). The van der Waals surface area contributed by atoms with Crippen LogP contribution in [0.3, 0.4) is 0 Å². The second kappa shape index (κ2) is 7.24. The Morgan fingerprint density at radius 2 is 1.86 bits per heavy atom. The first-order chi connectivity index (χ1) is 10.4. The van der Waals surface area contributed by atoms with Crippen molar-refractivity contribution >= 4 is 15.9 Å². The number of aryl methyl sites for hydroxylation is 2. The highest BCUT2D eigenvalue weighted by Crippen LogP contribution is 2.23. The van der Waals surface area contributed by atoms with E-state index in [2.05, 4.69) is 10.0 Å². The molecule has 0 spiro atoms. The minimum absolute atomic E-state index is 0.0600. The van der Waals surface area contributed by atoms with Crippen molar-refractivity contribution in [1.29, 1.82) is 0 Å². The van der Waals surface area contributed by atoms with Gasteiger partial charge in [-0.1, -0.05) is 6.07 Å². The van der Waals surface area contributed by atoms with Crippen LogP contribution in [0.5, 0.6) is 0 Å². The number of carbonyl (C=O) groups is 1. The third-order valence-corrected chi connectivity index (χ3v) is 5.18. The van der Waals surface area contributed by atoms with Crippen molar-refractivity contribution < 1.29 is 13.2 Å². The number of benzene rings is 1. The molecule has 0 radical (unpaired) electrons. The summed E-state index contributed by atoms with van der Waals surface area (Å²) in [6, 6.07) is 5.39. The molecular weight excluding hydrogens is 300 g/mol. The van der Waals surface area contributed by atoms with E-state index in [1.807, 2.05) is 19.9 Å². The Balaban J connectivity index is 1.97. The molecule has 1 aliphatic rings. The largest absolute Gasteiger partial charge is 0.354 e. The highest BCUT2D eigenvalue weighted by Gasteiger charge is 2.17. The molecule has 2 N–H and O–H groups in total. The van der Waals surface area contributed by atoms with E-state index in [1.54, 1.807) is 12.1 Å². The van der Waals surface area contributed by atoms with Gasteiger partial charge in [-0.3, -0.25) is 4.79 Å². The number of carbonyl (C=O) groups excluding carboxylic acids is 1. The number of rotatable bonds is 6. The lowest BCUT2D eigenvalue weighted by Crippen LogP contribution is -2.34. The highest BCUT2D eigenvalue weighted by atomic mass is 32.2. The Kier molecular flexibility index (Phi) is 5.58. The first kappa shape index (κ1) is 17.0. The minimum atomic E-state index is -3.55. The predicted octanol–water partition coefficient (Wildman–Crippen LogP) is 1.76. The molecule has 122 valence electrons. The Morgan fingerprint density at radius 3 is 2.55 bits per heavy atom. The van der Waals surface area contributed by atoms with Crippen LogP contribution in [0, 0.1) is 0 Å². The topological polar surface area (TPSA) is 75.3 Å². The minimum Gasteiger partial charge on any atom is -0.354 e. The fourth-order valence-electron chi connectivity index (χ4n) is 2.65. The van der Waals surface area contributed by atoms with Gasteiger partial charge in [0.25, 0.3) is 0 Å². The third kappa shape index (κ3) is 4.55. The zero-order chi connectivity index (χ0) is 16.2. The zero-order valence-electron chi connectivity index (χ0n) is 13.2. The van der Waals surface area contributed by atoms with E-state index in [1.165, 1.54) is 12.0 Å². The summed E-state index contributed by atoms with van der Waals surface area (Å²) in [5.74, 6) is -0.150. The molecule has 5 nitrogen and oxygen atoms in total. The van der Waals surface area contributed by atoms with Crippen LogP contribution in [0.2, 0.25) is 0 Å². The monoisotopic (exact) mass is 324 g/mol.